The molecule has 5 nitrogen and oxygen atoms in total. The topological polar surface area (TPSA) is 81.6 Å². The Labute approximate surface area is 106 Å². The van der Waals surface area contributed by atoms with Crippen LogP contribution in [-0.4, -0.2) is 35.3 Å². The lowest BCUT2D eigenvalue weighted by Crippen LogP contribution is -2.38. The maximum atomic E-state index is 12.0. The number of rotatable bonds is 3. The number of benzene rings is 1. The van der Waals surface area contributed by atoms with E-state index in [0.717, 1.165) is 19.5 Å². The zero-order valence-corrected chi connectivity index (χ0v) is 10.3. The first kappa shape index (κ1) is 12.7. The van der Waals surface area contributed by atoms with Crippen molar-refractivity contribution in [1.82, 2.24) is 10.6 Å². The molecule has 4 N–H and O–H groups in total. The van der Waals surface area contributed by atoms with Crippen LogP contribution in [0.25, 0.3) is 0 Å². The summed E-state index contributed by atoms with van der Waals surface area (Å²) in [4.78, 5) is 12.0. The van der Waals surface area contributed by atoms with Gasteiger partial charge in [-0.05, 0) is 50.6 Å². The largest absolute Gasteiger partial charge is 0.504 e. The number of amides is 1. The van der Waals surface area contributed by atoms with E-state index in [9.17, 15) is 15.0 Å². The highest BCUT2D eigenvalue weighted by Gasteiger charge is 2.23. The van der Waals surface area contributed by atoms with E-state index in [-0.39, 0.29) is 23.4 Å². The molecule has 1 fully saturated rings. The summed E-state index contributed by atoms with van der Waals surface area (Å²) in [7, 11) is 0. The van der Waals surface area contributed by atoms with E-state index in [2.05, 4.69) is 10.6 Å². The fourth-order valence-corrected chi connectivity index (χ4v) is 2.18. The van der Waals surface area contributed by atoms with E-state index in [1.807, 2.05) is 6.92 Å². The molecule has 0 saturated carbocycles. The Hall–Kier alpha value is -1.75. The molecule has 18 heavy (non-hydrogen) atoms. The third-order valence-corrected chi connectivity index (χ3v) is 3.40. The first-order chi connectivity index (χ1) is 8.58. The van der Waals surface area contributed by atoms with Gasteiger partial charge >= 0.3 is 0 Å². The molecule has 0 radical (unpaired) electrons. The molecule has 2 unspecified atom stereocenters. The Morgan fingerprint density at radius 1 is 1.44 bits per heavy atom. The summed E-state index contributed by atoms with van der Waals surface area (Å²) < 4.78 is 0. The standard InChI is InChI=1S/C13H18N2O3/c1-8(10-4-5-14-7-10)15-13(18)9-2-3-11(16)12(17)6-9/h2-3,6,8,10,14,16-17H,4-5,7H2,1H3,(H,15,18). The molecule has 0 bridgehead atoms. The molecule has 2 atom stereocenters. The van der Waals surface area contributed by atoms with Crippen molar-refractivity contribution in [2.24, 2.45) is 5.92 Å². The zero-order valence-electron chi connectivity index (χ0n) is 10.3. The molecule has 5 heteroatoms. The van der Waals surface area contributed by atoms with Crippen LogP contribution in [0.4, 0.5) is 0 Å². The molecule has 0 aromatic heterocycles. The molecule has 1 saturated heterocycles. The second kappa shape index (κ2) is 5.27. The van der Waals surface area contributed by atoms with Crippen molar-refractivity contribution in [3.05, 3.63) is 23.8 Å². The van der Waals surface area contributed by atoms with Gasteiger partial charge in [-0.1, -0.05) is 0 Å². The smallest absolute Gasteiger partial charge is 0.251 e. The van der Waals surface area contributed by atoms with Crippen molar-refractivity contribution < 1.29 is 15.0 Å². The monoisotopic (exact) mass is 250 g/mol. The number of aromatic hydroxyl groups is 2. The van der Waals surface area contributed by atoms with Gasteiger partial charge in [0.25, 0.3) is 5.91 Å². The van der Waals surface area contributed by atoms with Crippen LogP contribution in [0.1, 0.15) is 23.7 Å². The third kappa shape index (κ3) is 2.73. The van der Waals surface area contributed by atoms with E-state index < -0.39 is 0 Å². The maximum absolute atomic E-state index is 12.0. The molecule has 1 amide bonds. The second-order valence-corrected chi connectivity index (χ2v) is 4.72. The molecule has 98 valence electrons. The maximum Gasteiger partial charge on any atom is 0.251 e. The summed E-state index contributed by atoms with van der Waals surface area (Å²) in [5, 5.41) is 24.7. The quantitative estimate of drug-likeness (QED) is 0.599. The van der Waals surface area contributed by atoms with Crippen molar-refractivity contribution in [1.29, 1.82) is 0 Å². The van der Waals surface area contributed by atoms with E-state index in [0.29, 0.717) is 11.5 Å². The third-order valence-electron chi connectivity index (χ3n) is 3.40. The number of carbonyl (C=O) groups excluding carboxylic acids is 1. The van der Waals surface area contributed by atoms with E-state index in [1.54, 1.807) is 0 Å². The Morgan fingerprint density at radius 2 is 2.22 bits per heavy atom. The zero-order chi connectivity index (χ0) is 13.1. The van der Waals surface area contributed by atoms with Crippen molar-refractivity contribution in [2.45, 2.75) is 19.4 Å². The summed E-state index contributed by atoms with van der Waals surface area (Å²) >= 11 is 0. The van der Waals surface area contributed by atoms with Gasteiger partial charge in [-0.3, -0.25) is 4.79 Å². The number of nitrogens with one attached hydrogen (secondary N) is 2. The summed E-state index contributed by atoms with van der Waals surface area (Å²) in [6, 6.07) is 4.16. The highest BCUT2D eigenvalue weighted by Crippen LogP contribution is 2.25. The van der Waals surface area contributed by atoms with Crippen LogP contribution in [-0.2, 0) is 0 Å². The van der Waals surface area contributed by atoms with E-state index >= 15 is 0 Å². The first-order valence-electron chi connectivity index (χ1n) is 6.11. The number of phenols is 2. The molecule has 0 aliphatic carbocycles. The molecule has 1 aliphatic heterocycles. The van der Waals surface area contributed by atoms with E-state index in [1.165, 1.54) is 18.2 Å². The predicted octanol–water partition coefficient (Wildman–Crippen LogP) is 0.826. The lowest BCUT2D eigenvalue weighted by molar-refractivity contribution is 0.0928. The summed E-state index contributed by atoms with van der Waals surface area (Å²) in [5.41, 5.74) is 0.350. The number of phenolic OH excluding ortho intramolecular Hbond substituents is 2. The second-order valence-electron chi connectivity index (χ2n) is 4.72. The Kier molecular flexibility index (Phi) is 3.72. The normalized spacial score (nSPS) is 20.6. The summed E-state index contributed by atoms with van der Waals surface area (Å²) in [6.07, 6.45) is 1.06. The lowest BCUT2D eigenvalue weighted by atomic mass is 10.0. The van der Waals surface area contributed by atoms with Crippen LogP contribution in [0.15, 0.2) is 18.2 Å². The fraction of sp³-hybridized carbons (Fsp3) is 0.462. The van der Waals surface area contributed by atoms with Crippen LogP contribution in [0.2, 0.25) is 0 Å². The van der Waals surface area contributed by atoms with Crippen LogP contribution in [0.3, 0.4) is 0 Å². The van der Waals surface area contributed by atoms with Gasteiger partial charge in [0.1, 0.15) is 0 Å². The Balaban J connectivity index is 2.00. The van der Waals surface area contributed by atoms with Gasteiger partial charge in [0, 0.05) is 11.6 Å². The summed E-state index contributed by atoms with van der Waals surface area (Å²) in [5.74, 6) is -0.290. The van der Waals surface area contributed by atoms with Crippen LogP contribution in [0.5, 0.6) is 11.5 Å². The average Bonchev–Trinajstić information content (AvgIpc) is 2.86. The SMILES string of the molecule is CC(NC(=O)c1ccc(O)c(O)c1)C1CCNC1. The first-order valence-corrected chi connectivity index (χ1v) is 6.11. The molecule has 1 aliphatic rings. The molecular weight excluding hydrogens is 232 g/mol. The highest BCUT2D eigenvalue weighted by atomic mass is 16.3. The Morgan fingerprint density at radius 3 is 2.83 bits per heavy atom. The van der Waals surface area contributed by atoms with Gasteiger partial charge < -0.3 is 20.8 Å². The van der Waals surface area contributed by atoms with Gasteiger partial charge in [-0.15, -0.1) is 0 Å². The summed E-state index contributed by atoms with van der Waals surface area (Å²) in [6.45, 7) is 3.89. The number of carbonyl (C=O) groups is 1. The molecule has 1 aromatic rings. The molecule has 1 aromatic carbocycles. The van der Waals surface area contributed by atoms with Gasteiger partial charge in [-0.2, -0.15) is 0 Å². The molecule has 0 spiro atoms. The van der Waals surface area contributed by atoms with Crippen molar-refractivity contribution in [3.8, 4) is 11.5 Å². The van der Waals surface area contributed by atoms with Gasteiger partial charge in [0.15, 0.2) is 11.5 Å². The van der Waals surface area contributed by atoms with Crippen molar-refractivity contribution in [2.75, 3.05) is 13.1 Å². The van der Waals surface area contributed by atoms with E-state index in [4.69, 9.17) is 0 Å². The molecular formula is C13H18N2O3. The predicted molar refractivity (Wildman–Crippen MR) is 67.7 cm³/mol. The minimum atomic E-state index is -0.280. The Bertz CT molecular complexity index is 442. The van der Waals surface area contributed by atoms with Gasteiger partial charge in [-0.25, -0.2) is 0 Å². The minimum absolute atomic E-state index is 0.0865. The van der Waals surface area contributed by atoms with Crippen LogP contribution >= 0.6 is 0 Å². The average molecular weight is 250 g/mol. The van der Waals surface area contributed by atoms with Gasteiger partial charge in [0.05, 0.1) is 0 Å². The van der Waals surface area contributed by atoms with Crippen molar-refractivity contribution in [3.63, 3.8) is 0 Å². The minimum Gasteiger partial charge on any atom is -0.504 e. The van der Waals surface area contributed by atoms with Gasteiger partial charge in [0.2, 0.25) is 0 Å². The highest BCUT2D eigenvalue weighted by molar-refractivity contribution is 5.95. The number of hydrogen-bond acceptors (Lipinski definition) is 4. The number of hydrogen-bond donors (Lipinski definition) is 4. The fourth-order valence-electron chi connectivity index (χ4n) is 2.18. The van der Waals surface area contributed by atoms with Crippen LogP contribution in [0, 0.1) is 5.92 Å². The molecule has 1 heterocycles. The molecule has 2 rings (SSSR count). The van der Waals surface area contributed by atoms with Crippen LogP contribution < -0.4 is 10.6 Å². The lowest BCUT2D eigenvalue weighted by Gasteiger charge is -2.19. The van der Waals surface area contributed by atoms with Crippen molar-refractivity contribution >= 4 is 5.91 Å².